The van der Waals surface area contributed by atoms with Gasteiger partial charge in [-0.1, -0.05) is 29.4 Å². The molecular weight excluding hydrogens is 244 g/mol. The molecule has 0 saturated carbocycles. The first kappa shape index (κ1) is 15.0. The Kier molecular flexibility index (Phi) is 5.81. The summed E-state index contributed by atoms with van der Waals surface area (Å²) in [6.07, 6.45) is 0.323. The predicted molar refractivity (Wildman–Crippen MR) is 74.2 cm³/mol. The van der Waals surface area contributed by atoms with Crippen molar-refractivity contribution in [2.75, 3.05) is 27.2 Å². The van der Waals surface area contributed by atoms with Crippen LogP contribution in [-0.2, 0) is 11.2 Å². The van der Waals surface area contributed by atoms with Gasteiger partial charge in [-0.2, -0.15) is 0 Å². The molecule has 0 bridgehead atoms. The van der Waals surface area contributed by atoms with Gasteiger partial charge in [0.1, 0.15) is 0 Å². The van der Waals surface area contributed by atoms with Gasteiger partial charge in [0.2, 0.25) is 5.91 Å². The molecule has 1 aromatic rings. The number of carbonyl (C=O) groups excluding carboxylic acids is 1. The van der Waals surface area contributed by atoms with Gasteiger partial charge in [-0.3, -0.25) is 4.79 Å². The summed E-state index contributed by atoms with van der Waals surface area (Å²) < 4.78 is 0. The van der Waals surface area contributed by atoms with Crippen molar-refractivity contribution in [3.63, 3.8) is 0 Å². The second-order valence-electron chi connectivity index (χ2n) is 4.51. The van der Waals surface area contributed by atoms with Crippen LogP contribution in [0.1, 0.15) is 11.1 Å². The van der Waals surface area contributed by atoms with E-state index in [9.17, 15) is 4.79 Å². The molecule has 0 saturated heterocycles. The minimum Gasteiger partial charge on any atom is -0.409 e. The first-order valence-corrected chi connectivity index (χ1v) is 6.01. The molecule has 0 fully saturated rings. The molecule has 0 spiro atoms. The fourth-order valence-electron chi connectivity index (χ4n) is 1.52. The SMILES string of the molecule is CN(C)CCNC(=O)Cc1ccc(C(N)=NO)cc1. The Hall–Kier alpha value is -2.08. The first-order chi connectivity index (χ1) is 9.02. The standard InChI is InChI=1S/C13H20N4O2/c1-17(2)8-7-15-12(18)9-10-3-5-11(6-4-10)13(14)16-19/h3-6,19H,7-9H2,1-2H3,(H2,14,16)(H,15,18). The molecule has 104 valence electrons. The van der Waals surface area contributed by atoms with E-state index in [1.165, 1.54) is 0 Å². The highest BCUT2D eigenvalue weighted by Gasteiger charge is 2.04. The number of nitrogens with zero attached hydrogens (tertiary/aromatic N) is 2. The van der Waals surface area contributed by atoms with E-state index in [0.717, 1.165) is 12.1 Å². The van der Waals surface area contributed by atoms with Crippen molar-refractivity contribution < 1.29 is 10.0 Å². The number of nitrogens with two attached hydrogens (primary N) is 1. The number of amidine groups is 1. The quantitative estimate of drug-likeness (QED) is 0.292. The van der Waals surface area contributed by atoms with E-state index in [1.54, 1.807) is 24.3 Å². The molecule has 6 nitrogen and oxygen atoms in total. The summed E-state index contributed by atoms with van der Waals surface area (Å²) in [6, 6.07) is 7.02. The largest absolute Gasteiger partial charge is 0.409 e. The monoisotopic (exact) mass is 264 g/mol. The maximum atomic E-state index is 11.7. The van der Waals surface area contributed by atoms with E-state index in [-0.39, 0.29) is 11.7 Å². The van der Waals surface area contributed by atoms with Crippen LogP contribution in [0.2, 0.25) is 0 Å². The van der Waals surface area contributed by atoms with Gasteiger partial charge in [0.15, 0.2) is 5.84 Å². The summed E-state index contributed by atoms with van der Waals surface area (Å²) >= 11 is 0. The number of likely N-dealkylation sites (N-methyl/N-ethyl adjacent to an activating group) is 1. The van der Waals surface area contributed by atoms with Crippen molar-refractivity contribution in [3.8, 4) is 0 Å². The lowest BCUT2D eigenvalue weighted by atomic mass is 10.1. The normalized spacial score (nSPS) is 11.6. The molecule has 0 radical (unpaired) electrons. The van der Waals surface area contributed by atoms with Gasteiger partial charge in [-0.25, -0.2) is 0 Å². The van der Waals surface area contributed by atoms with E-state index in [2.05, 4.69) is 10.5 Å². The number of nitrogens with one attached hydrogen (secondary N) is 1. The maximum Gasteiger partial charge on any atom is 0.224 e. The third kappa shape index (κ3) is 5.39. The Morgan fingerprint density at radius 1 is 1.37 bits per heavy atom. The molecule has 1 rings (SSSR count). The van der Waals surface area contributed by atoms with Crippen LogP contribution in [0.4, 0.5) is 0 Å². The van der Waals surface area contributed by atoms with Crippen molar-refractivity contribution in [2.45, 2.75) is 6.42 Å². The lowest BCUT2D eigenvalue weighted by Crippen LogP contribution is -2.32. The fourth-order valence-corrected chi connectivity index (χ4v) is 1.52. The number of oxime groups is 1. The Morgan fingerprint density at radius 3 is 2.53 bits per heavy atom. The second kappa shape index (κ2) is 7.38. The Bertz CT molecular complexity index is 440. The van der Waals surface area contributed by atoms with Gasteiger partial charge in [0, 0.05) is 18.7 Å². The fraction of sp³-hybridized carbons (Fsp3) is 0.385. The van der Waals surface area contributed by atoms with Crippen LogP contribution in [0.25, 0.3) is 0 Å². The van der Waals surface area contributed by atoms with Crippen LogP contribution in [0.5, 0.6) is 0 Å². The van der Waals surface area contributed by atoms with Gasteiger partial charge in [-0.05, 0) is 19.7 Å². The average Bonchev–Trinajstić information content (AvgIpc) is 2.38. The minimum absolute atomic E-state index is 0.0154. The van der Waals surface area contributed by atoms with E-state index < -0.39 is 0 Å². The maximum absolute atomic E-state index is 11.7. The zero-order valence-electron chi connectivity index (χ0n) is 11.3. The van der Waals surface area contributed by atoms with Crippen LogP contribution >= 0.6 is 0 Å². The highest BCUT2D eigenvalue weighted by molar-refractivity contribution is 5.97. The van der Waals surface area contributed by atoms with Crippen molar-refractivity contribution in [2.24, 2.45) is 10.9 Å². The number of carbonyl (C=O) groups is 1. The van der Waals surface area contributed by atoms with Crippen LogP contribution in [-0.4, -0.2) is 49.0 Å². The molecule has 0 aromatic heterocycles. The lowest BCUT2D eigenvalue weighted by Gasteiger charge is -2.10. The topological polar surface area (TPSA) is 91.0 Å². The summed E-state index contributed by atoms with van der Waals surface area (Å²) in [5.41, 5.74) is 6.97. The number of hydrogen-bond acceptors (Lipinski definition) is 4. The van der Waals surface area contributed by atoms with Crippen molar-refractivity contribution in [3.05, 3.63) is 35.4 Å². The molecule has 0 aliphatic carbocycles. The molecule has 19 heavy (non-hydrogen) atoms. The number of amides is 1. The van der Waals surface area contributed by atoms with Gasteiger partial charge in [-0.15, -0.1) is 0 Å². The average molecular weight is 264 g/mol. The van der Waals surface area contributed by atoms with Gasteiger partial charge >= 0.3 is 0 Å². The van der Waals surface area contributed by atoms with E-state index in [0.29, 0.717) is 18.5 Å². The molecule has 0 aliphatic heterocycles. The Morgan fingerprint density at radius 2 is 2.00 bits per heavy atom. The number of hydrogen-bond donors (Lipinski definition) is 3. The summed E-state index contributed by atoms with van der Waals surface area (Å²) in [5.74, 6) is 0.0420. The van der Waals surface area contributed by atoms with E-state index in [4.69, 9.17) is 10.9 Å². The zero-order chi connectivity index (χ0) is 14.3. The van der Waals surface area contributed by atoms with Gasteiger partial charge < -0.3 is 21.2 Å². The highest BCUT2D eigenvalue weighted by atomic mass is 16.4. The molecule has 4 N–H and O–H groups in total. The molecular formula is C13H20N4O2. The Labute approximate surface area is 112 Å². The van der Waals surface area contributed by atoms with Gasteiger partial charge in [0.05, 0.1) is 6.42 Å². The highest BCUT2D eigenvalue weighted by Crippen LogP contribution is 2.05. The molecule has 0 atom stereocenters. The number of rotatable bonds is 6. The second-order valence-corrected chi connectivity index (χ2v) is 4.51. The lowest BCUT2D eigenvalue weighted by molar-refractivity contribution is -0.120. The van der Waals surface area contributed by atoms with Crippen molar-refractivity contribution >= 4 is 11.7 Å². The third-order valence-electron chi connectivity index (χ3n) is 2.60. The first-order valence-electron chi connectivity index (χ1n) is 6.01. The third-order valence-corrected chi connectivity index (χ3v) is 2.60. The van der Waals surface area contributed by atoms with Crippen molar-refractivity contribution in [1.82, 2.24) is 10.2 Å². The number of benzene rings is 1. The van der Waals surface area contributed by atoms with E-state index in [1.807, 2.05) is 19.0 Å². The van der Waals surface area contributed by atoms with Crippen LogP contribution in [0.15, 0.2) is 29.4 Å². The molecule has 0 heterocycles. The molecule has 0 unspecified atom stereocenters. The summed E-state index contributed by atoms with van der Waals surface area (Å²) in [6.45, 7) is 1.45. The molecule has 6 heteroatoms. The van der Waals surface area contributed by atoms with E-state index >= 15 is 0 Å². The predicted octanol–water partition coefficient (Wildman–Crippen LogP) is 0.00140. The zero-order valence-corrected chi connectivity index (χ0v) is 11.3. The smallest absolute Gasteiger partial charge is 0.224 e. The molecule has 1 amide bonds. The van der Waals surface area contributed by atoms with Gasteiger partial charge in [0.25, 0.3) is 0 Å². The summed E-state index contributed by atoms with van der Waals surface area (Å²) in [5, 5.41) is 14.3. The Balaban J connectivity index is 2.47. The van der Waals surface area contributed by atoms with Crippen LogP contribution in [0.3, 0.4) is 0 Å². The van der Waals surface area contributed by atoms with Crippen molar-refractivity contribution in [1.29, 1.82) is 0 Å². The summed E-state index contributed by atoms with van der Waals surface area (Å²) in [7, 11) is 3.91. The molecule has 0 aliphatic rings. The molecule has 1 aromatic carbocycles. The van der Waals surface area contributed by atoms with Crippen LogP contribution in [0, 0.1) is 0 Å². The van der Waals surface area contributed by atoms with Crippen LogP contribution < -0.4 is 11.1 Å². The summed E-state index contributed by atoms with van der Waals surface area (Å²) in [4.78, 5) is 13.7. The minimum atomic E-state index is -0.0154.